The van der Waals surface area contributed by atoms with E-state index in [1.807, 2.05) is 42.5 Å². The average molecular weight is 327 g/mol. The van der Waals surface area contributed by atoms with Gasteiger partial charge in [-0.15, -0.1) is 0 Å². The maximum atomic E-state index is 12.1. The summed E-state index contributed by atoms with van der Waals surface area (Å²) in [5, 5.41) is 8.05. The van der Waals surface area contributed by atoms with E-state index in [-0.39, 0.29) is 5.91 Å². The number of para-hydroxylation sites is 2. The SMILES string of the molecule is COc1ccccc1CNC(=O)C(C)NC(=O)Nc1ccccc1. The molecular formula is C18H21N3O3. The van der Waals surface area contributed by atoms with E-state index in [0.29, 0.717) is 18.0 Å². The highest BCUT2D eigenvalue weighted by molar-refractivity contribution is 5.93. The van der Waals surface area contributed by atoms with Crippen molar-refractivity contribution < 1.29 is 14.3 Å². The summed E-state index contributed by atoms with van der Waals surface area (Å²) in [5.74, 6) is 0.435. The summed E-state index contributed by atoms with van der Waals surface area (Å²) in [6.07, 6.45) is 0. The molecule has 0 heterocycles. The van der Waals surface area contributed by atoms with E-state index in [2.05, 4.69) is 16.0 Å². The monoisotopic (exact) mass is 327 g/mol. The predicted octanol–water partition coefficient (Wildman–Crippen LogP) is 2.52. The van der Waals surface area contributed by atoms with Crippen molar-refractivity contribution in [3.05, 3.63) is 60.2 Å². The van der Waals surface area contributed by atoms with Crippen molar-refractivity contribution in [1.29, 1.82) is 0 Å². The Labute approximate surface area is 141 Å². The summed E-state index contributed by atoms with van der Waals surface area (Å²) in [6, 6.07) is 15.4. The van der Waals surface area contributed by atoms with Crippen molar-refractivity contribution in [3.63, 3.8) is 0 Å². The molecule has 6 heteroatoms. The van der Waals surface area contributed by atoms with Gasteiger partial charge >= 0.3 is 6.03 Å². The van der Waals surface area contributed by atoms with Crippen molar-refractivity contribution in [3.8, 4) is 5.75 Å². The quantitative estimate of drug-likeness (QED) is 0.763. The number of amides is 3. The van der Waals surface area contributed by atoms with E-state index in [1.165, 1.54) is 0 Å². The Balaban J connectivity index is 1.82. The van der Waals surface area contributed by atoms with Gasteiger partial charge in [-0.2, -0.15) is 0 Å². The van der Waals surface area contributed by atoms with Gasteiger partial charge in [0.25, 0.3) is 0 Å². The molecular weight excluding hydrogens is 306 g/mol. The van der Waals surface area contributed by atoms with E-state index >= 15 is 0 Å². The van der Waals surface area contributed by atoms with Crippen LogP contribution in [0.15, 0.2) is 54.6 Å². The van der Waals surface area contributed by atoms with Crippen LogP contribution in [0.1, 0.15) is 12.5 Å². The third kappa shape index (κ3) is 5.01. The number of carbonyl (C=O) groups excluding carboxylic acids is 2. The Kier molecular flexibility index (Phi) is 6.19. The summed E-state index contributed by atoms with van der Waals surface area (Å²) in [6.45, 7) is 1.96. The van der Waals surface area contributed by atoms with Gasteiger partial charge in [0.05, 0.1) is 7.11 Å². The third-order valence-corrected chi connectivity index (χ3v) is 3.42. The number of methoxy groups -OCH3 is 1. The van der Waals surface area contributed by atoms with Crippen LogP contribution in [-0.2, 0) is 11.3 Å². The van der Waals surface area contributed by atoms with Crippen LogP contribution in [0.4, 0.5) is 10.5 Å². The third-order valence-electron chi connectivity index (χ3n) is 3.42. The van der Waals surface area contributed by atoms with Crippen LogP contribution >= 0.6 is 0 Å². The summed E-state index contributed by atoms with van der Waals surface area (Å²) >= 11 is 0. The molecule has 6 nitrogen and oxygen atoms in total. The first-order valence-electron chi connectivity index (χ1n) is 7.62. The summed E-state index contributed by atoms with van der Waals surface area (Å²) in [5.41, 5.74) is 1.53. The number of benzene rings is 2. The molecule has 2 aromatic rings. The van der Waals surface area contributed by atoms with Crippen LogP contribution in [0.5, 0.6) is 5.75 Å². The van der Waals surface area contributed by atoms with E-state index in [4.69, 9.17) is 4.74 Å². The zero-order valence-electron chi connectivity index (χ0n) is 13.7. The molecule has 0 bridgehead atoms. The lowest BCUT2D eigenvalue weighted by atomic mass is 10.2. The molecule has 2 aromatic carbocycles. The van der Waals surface area contributed by atoms with E-state index < -0.39 is 12.1 Å². The van der Waals surface area contributed by atoms with Crippen LogP contribution in [0.25, 0.3) is 0 Å². The molecule has 0 spiro atoms. The highest BCUT2D eigenvalue weighted by Gasteiger charge is 2.15. The zero-order valence-corrected chi connectivity index (χ0v) is 13.7. The number of anilines is 1. The first kappa shape index (κ1) is 17.3. The van der Waals surface area contributed by atoms with Crippen LogP contribution in [0.2, 0.25) is 0 Å². The van der Waals surface area contributed by atoms with Crippen molar-refractivity contribution in [2.75, 3.05) is 12.4 Å². The molecule has 1 unspecified atom stereocenters. The van der Waals surface area contributed by atoms with Crippen molar-refractivity contribution in [2.45, 2.75) is 19.5 Å². The number of ether oxygens (including phenoxy) is 1. The Morgan fingerprint density at radius 1 is 1.04 bits per heavy atom. The molecule has 3 N–H and O–H groups in total. The van der Waals surface area contributed by atoms with Gasteiger partial charge in [0, 0.05) is 17.8 Å². The van der Waals surface area contributed by atoms with Gasteiger partial charge in [-0.05, 0) is 25.1 Å². The fraction of sp³-hybridized carbons (Fsp3) is 0.222. The molecule has 126 valence electrons. The molecule has 0 aromatic heterocycles. The van der Waals surface area contributed by atoms with Crippen LogP contribution in [-0.4, -0.2) is 25.1 Å². The number of carbonyl (C=O) groups is 2. The lowest BCUT2D eigenvalue weighted by Gasteiger charge is -2.15. The second kappa shape index (κ2) is 8.57. The Bertz CT molecular complexity index is 689. The Morgan fingerprint density at radius 3 is 2.42 bits per heavy atom. The molecule has 0 radical (unpaired) electrons. The molecule has 0 aliphatic carbocycles. The minimum atomic E-state index is -0.664. The topological polar surface area (TPSA) is 79.5 Å². The first-order valence-corrected chi connectivity index (χ1v) is 7.62. The standard InChI is InChI=1S/C18H21N3O3/c1-13(20-18(23)21-15-9-4-3-5-10-15)17(22)19-12-14-8-6-7-11-16(14)24-2/h3-11,13H,12H2,1-2H3,(H,19,22)(H2,20,21,23). The lowest BCUT2D eigenvalue weighted by Crippen LogP contribution is -2.46. The number of hydrogen-bond donors (Lipinski definition) is 3. The van der Waals surface area contributed by atoms with Gasteiger partial charge in [-0.3, -0.25) is 4.79 Å². The molecule has 1 atom stereocenters. The van der Waals surface area contributed by atoms with Gasteiger partial charge in [0.2, 0.25) is 5.91 Å². The van der Waals surface area contributed by atoms with Gasteiger partial charge in [-0.1, -0.05) is 36.4 Å². The average Bonchev–Trinajstić information content (AvgIpc) is 2.60. The molecule has 0 saturated heterocycles. The molecule has 24 heavy (non-hydrogen) atoms. The fourth-order valence-electron chi connectivity index (χ4n) is 2.14. The minimum absolute atomic E-state index is 0.274. The number of hydrogen-bond acceptors (Lipinski definition) is 3. The van der Waals surface area contributed by atoms with Crippen LogP contribution in [0, 0.1) is 0 Å². The maximum Gasteiger partial charge on any atom is 0.319 e. The summed E-state index contributed by atoms with van der Waals surface area (Å²) in [7, 11) is 1.58. The van der Waals surface area contributed by atoms with Gasteiger partial charge in [0.15, 0.2) is 0 Å². The van der Waals surface area contributed by atoms with Crippen LogP contribution in [0.3, 0.4) is 0 Å². The van der Waals surface area contributed by atoms with E-state index in [1.54, 1.807) is 26.2 Å². The highest BCUT2D eigenvalue weighted by atomic mass is 16.5. The molecule has 0 aliphatic heterocycles. The van der Waals surface area contributed by atoms with E-state index in [0.717, 1.165) is 5.56 Å². The normalized spacial score (nSPS) is 11.2. The Hall–Kier alpha value is -3.02. The first-order chi connectivity index (χ1) is 11.6. The molecule has 0 fully saturated rings. The molecule has 3 amide bonds. The second-order valence-corrected chi connectivity index (χ2v) is 5.22. The van der Waals surface area contributed by atoms with E-state index in [9.17, 15) is 9.59 Å². The molecule has 0 aliphatic rings. The van der Waals surface area contributed by atoms with Crippen LogP contribution < -0.4 is 20.7 Å². The zero-order chi connectivity index (χ0) is 17.4. The lowest BCUT2D eigenvalue weighted by molar-refractivity contribution is -0.122. The second-order valence-electron chi connectivity index (χ2n) is 5.22. The van der Waals surface area contributed by atoms with Gasteiger partial charge < -0.3 is 20.7 Å². The summed E-state index contributed by atoms with van der Waals surface area (Å²) < 4.78 is 5.24. The van der Waals surface area contributed by atoms with Crippen molar-refractivity contribution in [2.24, 2.45) is 0 Å². The van der Waals surface area contributed by atoms with Crippen molar-refractivity contribution >= 4 is 17.6 Å². The molecule has 0 saturated carbocycles. The minimum Gasteiger partial charge on any atom is -0.496 e. The largest absolute Gasteiger partial charge is 0.496 e. The highest BCUT2D eigenvalue weighted by Crippen LogP contribution is 2.16. The molecule has 2 rings (SSSR count). The predicted molar refractivity (Wildman–Crippen MR) is 92.9 cm³/mol. The van der Waals surface area contributed by atoms with Gasteiger partial charge in [0.1, 0.15) is 11.8 Å². The fourth-order valence-corrected chi connectivity index (χ4v) is 2.14. The smallest absolute Gasteiger partial charge is 0.319 e. The number of nitrogens with one attached hydrogen (secondary N) is 3. The van der Waals surface area contributed by atoms with Crippen molar-refractivity contribution in [1.82, 2.24) is 10.6 Å². The Morgan fingerprint density at radius 2 is 1.71 bits per heavy atom. The number of rotatable bonds is 6. The number of urea groups is 1. The maximum absolute atomic E-state index is 12.1. The summed E-state index contributed by atoms with van der Waals surface area (Å²) in [4.78, 5) is 24.0. The van der Waals surface area contributed by atoms with Gasteiger partial charge in [-0.25, -0.2) is 4.79 Å².